The highest BCUT2D eigenvalue weighted by atomic mass is 16.4. The summed E-state index contributed by atoms with van der Waals surface area (Å²) >= 11 is 0. The summed E-state index contributed by atoms with van der Waals surface area (Å²) in [6.45, 7) is 5.98. The number of fused-ring (bicyclic) bond motifs is 1. The fourth-order valence-corrected chi connectivity index (χ4v) is 5.09. The molecule has 1 unspecified atom stereocenters. The van der Waals surface area contributed by atoms with Crippen molar-refractivity contribution in [1.29, 1.82) is 0 Å². The highest BCUT2D eigenvalue weighted by Gasteiger charge is 2.44. The molecule has 2 aliphatic heterocycles. The third-order valence-corrected chi connectivity index (χ3v) is 6.81. The predicted octanol–water partition coefficient (Wildman–Crippen LogP) is 2.30. The summed E-state index contributed by atoms with van der Waals surface area (Å²) in [5.74, 6) is -0.303. The van der Waals surface area contributed by atoms with Crippen LogP contribution >= 0.6 is 0 Å². The van der Waals surface area contributed by atoms with E-state index < -0.39 is 12.7 Å². The fraction of sp³-hybridized carbons (Fsp3) is 0.440. The molecule has 2 fully saturated rings. The van der Waals surface area contributed by atoms with Crippen LogP contribution in [0.25, 0.3) is 0 Å². The predicted molar refractivity (Wildman–Crippen MR) is 122 cm³/mol. The lowest BCUT2D eigenvalue weighted by Gasteiger charge is -2.52. The zero-order valence-corrected chi connectivity index (χ0v) is 18.6. The molecule has 0 spiro atoms. The lowest BCUT2D eigenvalue weighted by molar-refractivity contribution is -0.139. The van der Waals surface area contributed by atoms with E-state index in [4.69, 9.17) is 0 Å². The number of amides is 2. The molecule has 32 heavy (non-hydrogen) atoms. The van der Waals surface area contributed by atoms with Gasteiger partial charge in [0, 0.05) is 50.7 Å². The van der Waals surface area contributed by atoms with Crippen LogP contribution in [-0.2, 0) is 4.79 Å². The van der Waals surface area contributed by atoms with Gasteiger partial charge in [-0.05, 0) is 25.0 Å². The van der Waals surface area contributed by atoms with Crippen molar-refractivity contribution in [3.8, 4) is 0 Å². The summed E-state index contributed by atoms with van der Waals surface area (Å²) in [5, 5.41) is 19.1. The minimum Gasteiger partial charge on any atom is -0.465 e. The molecule has 2 aromatic rings. The largest absolute Gasteiger partial charge is 0.465 e. The van der Waals surface area contributed by atoms with Gasteiger partial charge in [0.2, 0.25) is 5.91 Å². The first kappa shape index (κ1) is 22.3. The van der Waals surface area contributed by atoms with Crippen LogP contribution in [0, 0.1) is 13.8 Å². The zero-order chi connectivity index (χ0) is 22.8. The van der Waals surface area contributed by atoms with Crippen molar-refractivity contribution in [3.63, 3.8) is 0 Å². The summed E-state index contributed by atoms with van der Waals surface area (Å²) in [6.07, 6.45) is -0.938. The van der Waals surface area contributed by atoms with E-state index in [-0.39, 0.29) is 23.9 Å². The monoisotopic (exact) mass is 437 g/mol. The first-order valence-electron chi connectivity index (χ1n) is 11.1. The number of carbonyl (C=O) groups is 2. The van der Waals surface area contributed by atoms with Gasteiger partial charge in [-0.2, -0.15) is 0 Å². The maximum absolute atomic E-state index is 12.1. The molecule has 0 saturated carbocycles. The molecule has 0 aliphatic carbocycles. The van der Waals surface area contributed by atoms with Crippen LogP contribution in [0.5, 0.6) is 0 Å². The van der Waals surface area contributed by atoms with Crippen LogP contribution in [-0.4, -0.2) is 88.3 Å². The van der Waals surface area contributed by atoms with Gasteiger partial charge in [-0.25, -0.2) is 4.79 Å². The van der Waals surface area contributed by atoms with E-state index in [0.29, 0.717) is 32.7 Å². The maximum atomic E-state index is 12.1. The van der Waals surface area contributed by atoms with Crippen molar-refractivity contribution in [2.45, 2.75) is 31.8 Å². The molecule has 2 saturated heterocycles. The second kappa shape index (κ2) is 9.30. The molecular formula is C25H31N3O4. The first-order chi connectivity index (χ1) is 15.4. The van der Waals surface area contributed by atoms with Gasteiger partial charge in [0.05, 0.1) is 0 Å². The molecule has 0 radical (unpaired) electrons. The topological polar surface area (TPSA) is 84.3 Å². The van der Waals surface area contributed by atoms with Crippen LogP contribution in [0.2, 0.25) is 0 Å². The SMILES string of the molecule is Cc1ccc(C(c2ccc(C)cc2)C2CN(C(=O)O)C[C@@H]3CN(C(=O)CO)CCN23)cc1. The molecule has 7 nitrogen and oxygen atoms in total. The molecule has 2 amide bonds. The zero-order valence-electron chi connectivity index (χ0n) is 18.6. The number of aliphatic hydroxyl groups excluding tert-OH is 1. The van der Waals surface area contributed by atoms with Crippen LogP contribution in [0.15, 0.2) is 48.5 Å². The van der Waals surface area contributed by atoms with Crippen molar-refractivity contribution in [2.75, 3.05) is 39.3 Å². The normalized spacial score (nSPS) is 21.5. The van der Waals surface area contributed by atoms with Crippen LogP contribution in [0.4, 0.5) is 4.79 Å². The Hall–Kier alpha value is -2.90. The third kappa shape index (κ3) is 4.49. The molecule has 0 bridgehead atoms. The Morgan fingerprint density at radius 1 is 0.875 bits per heavy atom. The van der Waals surface area contributed by atoms with E-state index in [1.807, 2.05) is 0 Å². The number of hydrogen-bond donors (Lipinski definition) is 2. The van der Waals surface area contributed by atoms with Gasteiger partial charge in [-0.3, -0.25) is 9.69 Å². The third-order valence-electron chi connectivity index (χ3n) is 6.81. The van der Waals surface area contributed by atoms with E-state index in [1.165, 1.54) is 16.0 Å². The molecule has 2 aliphatic rings. The Morgan fingerprint density at radius 2 is 1.41 bits per heavy atom. The molecule has 2 aromatic carbocycles. The summed E-state index contributed by atoms with van der Waals surface area (Å²) in [4.78, 5) is 29.6. The number of carbonyl (C=O) groups excluding carboxylic acids is 1. The Labute approximate surface area is 188 Å². The van der Waals surface area contributed by atoms with Crippen molar-refractivity contribution < 1.29 is 19.8 Å². The van der Waals surface area contributed by atoms with E-state index in [2.05, 4.69) is 67.3 Å². The second-order valence-electron chi connectivity index (χ2n) is 8.94. The Morgan fingerprint density at radius 3 is 1.91 bits per heavy atom. The summed E-state index contributed by atoms with van der Waals surface area (Å²) in [5.41, 5.74) is 4.68. The Kier molecular flexibility index (Phi) is 6.48. The van der Waals surface area contributed by atoms with Crippen LogP contribution in [0.1, 0.15) is 28.2 Å². The molecule has 2 N–H and O–H groups in total. The van der Waals surface area contributed by atoms with E-state index in [9.17, 15) is 19.8 Å². The Balaban J connectivity index is 1.74. The minimum absolute atomic E-state index is 0.000873. The molecule has 4 rings (SSSR count). The molecule has 170 valence electrons. The van der Waals surface area contributed by atoms with Gasteiger partial charge in [0.15, 0.2) is 0 Å². The number of aliphatic hydroxyl groups is 1. The highest BCUT2D eigenvalue weighted by Crippen LogP contribution is 2.36. The van der Waals surface area contributed by atoms with E-state index >= 15 is 0 Å². The number of benzene rings is 2. The standard InChI is InChI=1S/C25H31N3O4/c1-17-3-7-19(8-4-17)24(20-9-5-18(2)6-10-20)22-15-27(25(31)32)14-21-13-26(23(30)16-29)11-12-28(21)22/h3-10,21-22,24,29H,11-16H2,1-2H3,(H,31,32)/t21-,22?/m0/s1. The number of piperazine rings is 2. The van der Waals surface area contributed by atoms with Crippen molar-refractivity contribution in [3.05, 3.63) is 70.8 Å². The molecule has 2 heterocycles. The van der Waals surface area contributed by atoms with Gasteiger partial charge < -0.3 is 20.0 Å². The highest BCUT2D eigenvalue weighted by molar-refractivity contribution is 5.77. The van der Waals surface area contributed by atoms with Crippen molar-refractivity contribution in [2.24, 2.45) is 0 Å². The first-order valence-corrected chi connectivity index (χ1v) is 11.1. The van der Waals surface area contributed by atoms with Crippen molar-refractivity contribution in [1.82, 2.24) is 14.7 Å². The van der Waals surface area contributed by atoms with E-state index in [0.717, 1.165) is 11.1 Å². The maximum Gasteiger partial charge on any atom is 0.407 e. The molecule has 0 aromatic heterocycles. The quantitative estimate of drug-likeness (QED) is 0.767. The summed E-state index contributed by atoms with van der Waals surface area (Å²) < 4.78 is 0. The molecule has 2 atom stereocenters. The van der Waals surface area contributed by atoms with Crippen LogP contribution < -0.4 is 0 Å². The van der Waals surface area contributed by atoms with Crippen molar-refractivity contribution >= 4 is 12.0 Å². The number of rotatable bonds is 4. The summed E-state index contributed by atoms with van der Waals surface area (Å²) in [7, 11) is 0. The number of carboxylic acid groups (broad SMARTS) is 1. The van der Waals surface area contributed by atoms with Gasteiger partial charge >= 0.3 is 6.09 Å². The van der Waals surface area contributed by atoms with Gasteiger partial charge in [0.1, 0.15) is 6.61 Å². The second-order valence-corrected chi connectivity index (χ2v) is 8.94. The fourth-order valence-electron chi connectivity index (χ4n) is 5.09. The smallest absolute Gasteiger partial charge is 0.407 e. The lowest BCUT2D eigenvalue weighted by Crippen LogP contribution is -2.68. The average molecular weight is 438 g/mol. The number of nitrogens with zero attached hydrogens (tertiary/aromatic N) is 3. The number of aryl methyl sites for hydroxylation is 2. The lowest BCUT2D eigenvalue weighted by atomic mass is 9.81. The van der Waals surface area contributed by atoms with Crippen LogP contribution in [0.3, 0.4) is 0 Å². The van der Waals surface area contributed by atoms with Gasteiger partial charge in [0.25, 0.3) is 0 Å². The van der Waals surface area contributed by atoms with Gasteiger partial charge in [-0.15, -0.1) is 0 Å². The molecule has 7 heteroatoms. The molecular weight excluding hydrogens is 406 g/mol. The van der Waals surface area contributed by atoms with Gasteiger partial charge in [-0.1, -0.05) is 59.7 Å². The average Bonchev–Trinajstić information content (AvgIpc) is 2.80. The summed E-state index contributed by atoms with van der Waals surface area (Å²) in [6, 6.07) is 16.8. The Bertz CT molecular complexity index is 915. The van der Waals surface area contributed by atoms with E-state index in [1.54, 1.807) is 4.90 Å². The number of hydrogen-bond acceptors (Lipinski definition) is 4. The minimum atomic E-state index is -0.938.